The van der Waals surface area contributed by atoms with Crippen molar-refractivity contribution in [2.75, 3.05) is 6.61 Å². The molecule has 1 aromatic rings. The maximum atomic E-state index is 11.9. The highest BCUT2D eigenvalue weighted by atomic mass is 16.5. The summed E-state index contributed by atoms with van der Waals surface area (Å²) in [4.78, 5) is 23.6. The molecule has 0 spiro atoms. The van der Waals surface area contributed by atoms with Crippen LogP contribution in [0.3, 0.4) is 0 Å². The van der Waals surface area contributed by atoms with Crippen molar-refractivity contribution in [3.63, 3.8) is 0 Å². The zero-order valence-corrected chi connectivity index (χ0v) is 10.5. The van der Waals surface area contributed by atoms with Crippen molar-refractivity contribution in [1.82, 2.24) is 5.48 Å². The summed E-state index contributed by atoms with van der Waals surface area (Å²) in [6, 6.07) is 9.09. The molecule has 98 valence electrons. The largest absolute Gasteiger partial charge is 0.465 e. The van der Waals surface area contributed by atoms with Gasteiger partial charge in [0.1, 0.15) is 5.41 Å². The number of amides is 1. The average molecular weight is 251 g/mol. The third-order valence-corrected chi connectivity index (χ3v) is 2.73. The second kappa shape index (κ2) is 6.16. The van der Waals surface area contributed by atoms with Gasteiger partial charge in [-0.25, -0.2) is 5.48 Å². The molecule has 0 fully saturated rings. The van der Waals surface area contributed by atoms with Crippen LogP contribution in [0.1, 0.15) is 19.4 Å². The predicted molar refractivity (Wildman–Crippen MR) is 64.8 cm³/mol. The molecule has 0 radical (unpaired) electrons. The Hall–Kier alpha value is -1.88. The highest BCUT2D eigenvalue weighted by Crippen LogP contribution is 2.25. The molecular weight excluding hydrogens is 234 g/mol. The van der Waals surface area contributed by atoms with Gasteiger partial charge >= 0.3 is 5.97 Å². The van der Waals surface area contributed by atoms with Gasteiger partial charge in [0, 0.05) is 0 Å². The highest BCUT2D eigenvalue weighted by molar-refractivity contribution is 6.02. The van der Waals surface area contributed by atoms with Crippen LogP contribution in [0, 0.1) is 5.41 Å². The number of carbonyl (C=O) groups excluding carboxylic acids is 2. The lowest BCUT2D eigenvalue weighted by atomic mass is 9.83. The molecule has 0 aliphatic rings. The van der Waals surface area contributed by atoms with Crippen LogP contribution in [0.25, 0.3) is 0 Å². The first-order valence-electron chi connectivity index (χ1n) is 5.70. The van der Waals surface area contributed by atoms with Crippen molar-refractivity contribution in [2.45, 2.75) is 20.3 Å². The van der Waals surface area contributed by atoms with E-state index in [0.717, 1.165) is 5.56 Å². The summed E-state index contributed by atoms with van der Waals surface area (Å²) in [7, 11) is 0. The first-order valence-corrected chi connectivity index (χ1v) is 5.70. The molecule has 1 atom stereocenters. The Morgan fingerprint density at radius 3 is 2.44 bits per heavy atom. The molecule has 0 bridgehead atoms. The van der Waals surface area contributed by atoms with E-state index in [0.29, 0.717) is 0 Å². The Morgan fingerprint density at radius 1 is 1.33 bits per heavy atom. The number of carbonyl (C=O) groups is 2. The predicted octanol–water partition coefficient (Wildman–Crippen LogP) is 1.30. The molecule has 0 aromatic heterocycles. The number of esters is 1. The van der Waals surface area contributed by atoms with E-state index >= 15 is 0 Å². The Kier molecular flexibility index (Phi) is 4.85. The van der Waals surface area contributed by atoms with E-state index in [1.54, 1.807) is 6.92 Å². The minimum absolute atomic E-state index is 0.166. The summed E-state index contributed by atoms with van der Waals surface area (Å²) in [6.07, 6.45) is 0.166. The normalized spacial score (nSPS) is 13.5. The molecule has 5 nitrogen and oxygen atoms in total. The van der Waals surface area contributed by atoms with Crippen molar-refractivity contribution in [2.24, 2.45) is 5.41 Å². The Balaban J connectivity index is 2.98. The number of benzene rings is 1. The van der Waals surface area contributed by atoms with E-state index in [1.807, 2.05) is 30.3 Å². The number of hydrogen-bond donors (Lipinski definition) is 2. The Morgan fingerprint density at radius 2 is 1.94 bits per heavy atom. The molecule has 18 heavy (non-hydrogen) atoms. The van der Waals surface area contributed by atoms with Gasteiger partial charge in [-0.15, -0.1) is 0 Å². The fourth-order valence-corrected chi connectivity index (χ4v) is 1.66. The summed E-state index contributed by atoms with van der Waals surface area (Å²) < 4.78 is 4.89. The second-order valence-electron chi connectivity index (χ2n) is 4.16. The van der Waals surface area contributed by atoms with E-state index in [-0.39, 0.29) is 13.0 Å². The van der Waals surface area contributed by atoms with Gasteiger partial charge in [0.25, 0.3) is 5.91 Å². The minimum Gasteiger partial charge on any atom is -0.465 e. The van der Waals surface area contributed by atoms with Gasteiger partial charge in [-0.2, -0.15) is 0 Å². The zero-order valence-electron chi connectivity index (χ0n) is 10.5. The van der Waals surface area contributed by atoms with Crippen LogP contribution in [-0.4, -0.2) is 23.7 Å². The first kappa shape index (κ1) is 14.2. The molecule has 1 amide bonds. The molecule has 0 saturated heterocycles. The van der Waals surface area contributed by atoms with Crippen molar-refractivity contribution in [3.8, 4) is 0 Å². The van der Waals surface area contributed by atoms with Crippen LogP contribution >= 0.6 is 0 Å². The molecular formula is C13H17NO4. The standard InChI is InChI=1S/C13H17NO4/c1-3-18-12(16)13(2,11(15)14-17)9-10-7-5-4-6-8-10/h4-8,17H,3,9H2,1-2H3,(H,14,15). The van der Waals surface area contributed by atoms with Gasteiger partial charge in [-0.1, -0.05) is 30.3 Å². The van der Waals surface area contributed by atoms with Gasteiger partial charge in [0.15, 0.2) is 0 Å². The van der Waals surface area contributed by atoms with Crippen LogP contribution in [0.15, 0.2) is 30.3 Å². The van der Waals surface area contributed by atoms with Crippen molar-refractivity contribution < 1.29 is 19.5 Å². The smallest absolute Gasteiger partial charge is 0.321 e. The van der Waals surface area contributed by atoms with Crippen molar-refractivity contribution >= 4 is 11.9 Å². The second-order valence-corrected chi connectivity index (χ2v) is 4.16. The monoisotopic (exact) mass is 251 g/mol. The molecule has 0 aliphatic carbocycles. The molecule has 2 N–H and O–H groups in total. The van der Waals surface area contributed by atoms with Crippen molar-refractivity contribution in [3.05, 3.63) is 35.9 Å². The number of ether oxygens (including phenoxy) is 1. The summed E-state index contributed by atoms with van der Waals surface area (Å²) in [5.41, 5.74) is 0.903. The maximum absolute atomic E-state index is 11.9. The third-order valence-electron chi connectivity index (χ3n) is 2.73. The molecule has 1 aromatic carbocycles. The lowest BCUT2D eigenvalue weighted by Crippen LogP contribution is -2.46. The van der Waals surface area contributed by atoms with Gasteiger partial charge in [0.05, 0.1) is 6.61 Å². The molecule has 0 saturated carbocycles. The molecule has 1 unspecified atom stereocenters. The van der Waals surface area contributed by atoms with E-state index in [2.05, 4.69) is 0 Å². The Bertz CT molecular complexity index is 418. The van der Waals surface area contributed by atoms with Crippen LogP contribution in [0.4, 0.5) is 0 Å². The summed E-state index contributed by atoms with van der Waals surface area (Å²) >= 11 is 0. The molecule has 0 heterocycles. The fraction of sp³-hybridized carbons (Fsp3) is 0.385. The number of nitrogens with one attached hydrogen (secondary N) is 1. The number of hydrogen-bond acceptors (Lipinski definition) is 4. The van der Waals surface area contributed by atoms with E-state index in [9.17, 15) is 9.59 Å². The SMILES string of the molecule is CCOC(=O)C(C)(Cc1ccccc1)C(=O)NO. The average Bonchev–Trinajstić information content (AvgIpc) is 2.39. The molecule has 5 heteroatoms. The highest BCUT2D eigenvalue weighted by Gasteiger charge is 2.42. The Labute approximate surface area is 106 Å². The van der Waals surface area contributed by atoms with E-state index in [1.165, 1.54) is 12.4 Å². The summed E-state index contributed by atoms with van der Waals surface area (Å²) in [5.74, 6) is -1.43. The minimum atomic E-state index is -1.44. The maximum Gasteiger partial charge on any atom is 0.321 e. The van der Waals surface area contributed by atoms with E-state index < -0.39 is 17.3 Å². The van der Waals surface area contributed by atoms with Gasteiger partial charge in [0.2, 0.25) is 0 Å². The summed E-state index contributed by atoms with van der Waals surface area (Å²) in [6.45, 7) is 3.29. The van der Waals surface area contributed by atoms with Crippen LogP contribution < -0.4 is 5.48 Å². The molecule has 0 aliphatic heterocycles. The van der Waals surface area contributed by atoms with Gasteiger partial charge < -0.3 is 4.74 Å². The fourth-order valence-electron chi connectivity index (χ4n) is 1.66. The topological polar surface area (TPSA) is 75.6 Å². The van der Waals surface area contributed by atoms with Crippen LogP contribution in [0.5, 0.6) is 0 Å². The molecule has 1 rings (SSSR count). The quantitative estimate of drug-likeness (QED) is 0.358. The third kappa shape index (κ3) is 3.07. The lowest BCUT2D eigenvalue weighted by Gasteiger charge is -2.24. The zero-order chi connectivity index (χ0) is 13.6. The first-order chi connectivity index (χ1) is 8.54. The number of hydroxylamine groups is 1. The van der Waals surface area contributed by atoms with E-state index in [4.69, 9.17) is 9.94 Å². The number of rotatable bonds is 5. The van der Waals surface area contributed by atoms with Crippen LogP contribution in [-0.2, 0) is 20.7 Å². The van der Waals surface area contributed by atoms with Gasteiger partial charge in [-0.3, -0.25) is 14.8 Å². The lowest BCUT2D eigenvalue weighted by molar-refractivity contribution is -0.162. The van der Waals surface area contributed by atoms with Gasteiger partial charge in [-0.05, 0) is 25.8 Å². The van der Waals surface area contributed by atoms with Crippen molar-refractivity contribution in [1.29, 1.82) is 0 Å². The van der Waals surface area contributed by atoms with Crippen LogP contribution in [0.2, 0.25) is 0 Å². The summed E-state index contributed by atoms with van der Waals surface area (Å²) in [5, 5.41) is 8.76.